The molecule has 3 aromatic rings. The van der Waals surface area contributed by atoms with E-state index in [4.69, 9.17) is 11.6 Å². The van der Waals surface area contributed by atoms with Gasteiger partial charge >= 0.3 is 0 Å². The maximum Gasteiger partial charge on any atom is 0.226 e. The van der Waals surface area contributed by atoms with Crippen LogP contribution in [0.4, 0.5) is 5.82 Å². The third kappa shape index (κ3) is 2.46. The molecule has 0 amide bonds. The van der Waals surface area contributed by atoms with Crippen LogP contribution in [0.1, 0.15) is 29.8 Å². The molecule has 0 saturated carbocycles. The van der Waals surface area contributed by atoms with Gasteiger partial charge in [-0.05, 0) is 24.9 Å². The number of imidazole rings is 1. The zero-order valence-corrected chi connectivity index (χ0v) is 12.6. The van der Waals surface area contributed by atoms with Crippen LogP contribution in [-0.4, -0.2) is 24.9 Å². The predicted molar refractivity (Wildman–Crippen MR) is 80.2 cm³/mol. The van der Waals surface area contributed by atoms with E-state index in [1.54, 1.807) is 17.7 Å². The molecule has 8 heteroatoms. The Morgan fingerprint density at radius 2 is 2.25 bits per heavy atom. The number of fused-ring (bicyclic) bond motifs is 1. The molecule has 0 aliphatic heterocycles. The molecule has 3 rings (SSSR count). The minimum absolute atomic E-state index is 0.0396. The molecule has 2 N–H and O–H groups in total. The predicted octanol–water partition coefficient (Wildman–Crippen LogP) is 3.20. The Bertz CT molecular complexity index is 736. The number of H-pyrrole nitrogens is 1. The summed E-state index contributed by atoms with van der Waals surface area (Å²) in [6.45, 7) is 4.16. The smallest absolute Gasteiger partial charge is 0.226 e. The number of aromatic nitrogens is 5. The van der Waals surface area contributed by atoms with Gasteiger partial charge in [0.2, 0.25) is 5.28 Å². The number of aromatic amines is 1. The lowest BCUT2D eigenvalue weighted by atomic mass is 10.3. The molecule has 0 aliphatic carbocycles. The number of nitrogens with one attached hydrogen (secondary N) is 2. The first kappa shape index (κ1) is 13.3. The molecule has 0 bridgehead atoms. The van der Waals surface area contributed by atoms with Crippen molar-refractivity contribution in [2.24, 2.45) is 0 Å². The van der Waals surface area contributed by atoms with Crippen LogP contribution >= 0.6 is 22.9 Å². The van der Waals surface area contributed by atoms with Gasteiger partial charge in [0, 0.05) is 11.1 Å². The average Bonchev–Trinajstić information content (AvgIpc) is 3.06. The molecule has 0 fully saturated rings. The summed E-state index contributed by atoms with van der Waals surface area (Å²) in [4.78, 5) is 21.1. The number of hydrogen-bond donors (Lipinski definition) is 2. The van der Waals surface area contributed by atoms with Gasteiger partial charge in [-0.15, -0.1) is 11.3 Å². The summed E-state index contributed by atoms with van der Waals surface area (Å²) in [5.41, 5.74) is 1.29. The highest BCUT2D eigenvalue weighted by Gasteiger charge is 2.14. The number of nitrogens with zero attached hydrogens (tertiary/aromatic N) is 4. The van der Waals surface area contributed by atoms with Crippen molar-refractivity contribution in [3.8, 4) is 0 Å². The van der Waals surface area contributed by atoms with Crippen molar-refractivity contribution in [1.29, 1.82) is 0 Å². The third-order valence-electron chi connectivity index (χ3n) is 2.90. The summed E-state index contributed by atoms with van der Waals surface area (Å²) in [5.74, 6) is 0.637. The van der Waals surface area contributed by atoms with Crippen LogP contribution in [0.5, 0.6) is 0 Å². The Morgan fingerprint density at radius 3 is 3.00 bits per heavy atom. The van der Waals surface area contributed by atoms with Gasteiger partial charge < -0.3 is 10.3 Å². The molecular weight excluding hydrogens is 296 g/mol. The largest absolute Gasteiger partial charge is 0.359 e. The van der Waals surface area contributed by atoms with E-state index in [1.165, 1.54) is 4.88 Å². The Morgan fingerprint density at radius 1 is 1.40 bits per heavy atom. The standard InChI is InChI=1S/C12H13ClN6S/c1-3-7-4-14-11(20-7)6(2)17-10-8-9(16-5-15-8)18-12(13)19-10/h4-6H,3H2,1-2H3,(H2,15,16,17,18,19). The summed E-state index contributed by atoms with van der Waals surface area (Å²) in [5, 5.41) is 4.50. The fourth-order valence-electron chi connectivity index (χ4n) is 1.86. The second kappa shape index (κ2) is 5.34. The first-order valence-electron chi connectivity index (χ1n) is 6.25. The van der Waals surface area contributed by atoms with Gasteiger partial charge in [0.15, 0.2) is 11.5 Å². The van der Waals surface area contributed by atoms with E-state index >= 15 is 0 Å². The van der Waals surface area contributed by atoms with Crippen LogP contribution in [0.25, 0.3) is 11.2 Å². The van der Waals surface area contributed by atoms with Crippen molar-refractivity contribution < 1.29 is 0 Å². The second-order valence-electron chi connectivity index (χ2n) is 4.33. The van der Waals surface area contributed by atoms with Gasteiger partial charge in [-0.3, -0.25) is 0 Å². The molecule has 0 aliphatic rings. The lowest BCUT2D eigenvalue weighted by molar-refractivity contribution is 0.861. The highest BCUT2D eigenvalue weighted by atomic mass is 35.5. The number of thiazole rings is 1. The van der Waals surface area contributed by atoms with Crippen LogP contribution in [0.2, 0.25) is 5.28 Å². The van der Waals surface area contributed by atoms with Crippen molar-refractivity contribution in [2.75, 3.05) is 5.32 Å². The maximum absolute atomic E-state index is 5.91. The summed E-state index contributed by atoms with van der Waals surface area (Å²) in [6, 6.07) is 0.0396. The Balaban J connectivity index is 1.90. The normalized spacial score (nSPS) is 12.8. The van der Waals surface area contributed by atoms with E-state index in [-0.39, 0.29) is 11.3 Å². The van der Waals surface area contributed by atoms with Crippen molar-refractivity contribution in [3.05, 3.63) is 27.7 Å². The summed E-state index contributed by atoms with van der Waals surface area (Å²) in [7, 11) is 0. The van der Waals surface area contributed by atoms with E-state index in [2.05, 4.69) is 37.2 Å². The van der Waals surface area contributed by atoms with Crippen molar-refractivity contribution >= 4 is 39.9 Å². The van der Waals surface area contributed by atoms with E-state index in [0.717, 1.165) is 16.9 Å². The molecule has 3 aromatic heterocycles. The number of anilines is 1. The quantitative estimate of drug-likeness (QED) is 0.724. The van der Waals surface area contributed by atoms with Crippen molar-refractivity contribution in [1.82, 2.24) is 24.9 Å². The van der Waals surface area contributed by atoms with Gasteiger partial charge in [-0.25, -0.2) is 9.97 Å². The molecular formula is C12H13ClN6S. The van der Waals surface area contributed by atoms with E-state index < -0.39 is 0 Å². The van der Waals surface area contributed by atoms with Crippen molar-refractivity contribution in [3.63, 3.8) is 0 Å². The van der Waals surface area contributed by atoms with Gasteiger partial charge in [0.25, 0.3) is 0 Å². The van der Waals surface area contributed by atoms with E-state index in [1.807, 2.05) is 13.1 Å². The van der Waals surface area contributed by atoms with Gasteiger partial charge in [0.05, 0.1) is 12.4 Å². The average molecular weight is 309 g/mol. The molecule has 0 spiro atoms. The summed E-state index contributed by atoms with van der Waals surface area (Å²) in [6.07, 6.45) is 4.48. The fraction of sp³-hybridized carbons (Fsp3) is 0.333. The molecule has 20 heavy (non-hydrogen) atoms. The third-order valence-corrected chi connectivity index (χ3v) is 4.40. The Kier molecular flexibility index (Phi) is 3.54. The Labute approximate surface area is 124 Å². The first-order chi connectivity index (χ1) is 9.67. The Hall–Kier alpha value is -1.73. The first-order valence-corrected chi connectivity index (χ1v) is 7.44. The van der Waals surface area contributed by atoms with Gasteiger partial charge in [0.1, 0.15) is 10.5 Å². The zero-order chi connectivity index (χ0) is 14.1. The fourth-order valence-corrected chi connectivity index (χ4v) is 2.89. The van der Waals surface area contributed by atoms with Crippen molar-refractivity contribution in [2.45, 2.75) is 26.3 Å². The summed E-state index contributed by atoms with van der Waals surface area (Å²) < 4.78 is 0. The molecule has 3 heterocycles. The van der Waals surface area contributed by atoms with E-state index in [9.17, 15) is 0 Å². The van der Waals surface area contributed by atoms with Gasteiger partial charge in [-0.1, -0.05) is 6.92 Å². The lowest BCUT2D eigenvalue weighted by Gasteiger charge is -2.12. The SMILES string of the molecule is CCc1cnc(C(C)Nc2nc(Cl)nc3nc[nH]c23)s1. The topological polar surface area (TPSA) is 79.4 Å². The molecule has 1 atom stereocenters. The number of halogens is 1. The molecule has 0 radical (unpaired) electrons. The monoisotopic (exact) mass is 308 g/mol. The molecule has 104 valence electrons. The highest BCUT2D eigenvalue weighted by molar-refractivity contribution is 7.11. The molecule has 1 unspecified atom stereocenters. The lowest BCUT2D eigenvalue weighted by Crippen LogP contribution is -2.08. The zero-order valence-electron chi connectivity index (χ0n) is 11.0. The van der Waals surface area contributed by atoms with Crippen LogP contribution in [-0.2, 0) is 6.42 Å². The minimum atomic E-state index is 0.0396. The molecule has 0 saturated heterocycles. The number of aryl methyl sites for hydroxylation is 1. The van der Waals surface area contributed by atoms with Crippen LogP contribution in [0, 0.1) is 0 Å². The van der Waals surface area contributed by atoms with Crippen LogP contribution in [0.15, 0.2) is 12.5 Å². The van der Waals surface area contributed by atoms with Crippen LogP contribution in [0.3, 0.4) is 0 Å². The molecule has 6 nitrogen and oxygen atoms in total. The minimum Gasteiger partial charge on any atom is -0.359 e. The van der Waals surface area contributed by atoms with Crippen LogP contribution < -0.4 is 5.32 Å². The number of rotatable bonds is 4. The highest BCUT2D eigenvalue weighted by Crippen LogP contribution is 2.26. The maximum atomic E-state index is 5.91. The van der Waals surface area contributed by atoms with Gasteiger partial charge in [-0.2, -0.15) is 9.97 Å². The molecule has 0 aromatic carbocycles. The second-order valence-corrected chi connectivity index (χ2v) is 5.81. The van der Waals surface area contributed by atoms with E-state index in [0.29, 0.717) is 11.5 Å². The number of hydrogen-bond acceptors (Lipinski definition) is 6. The summed E-state index contributed by atoms with van der Waals surface area (Å²) >= 11 is 7.60.